The summed E-state index contributed by atoms with van der Waals surface area (Å²) in [7, 11) is 0. The van der Waals surface area contributed by atoms with Gasteiger partial charge in [0.25, 0.3) is 0 Å². The molecule has 0 amide bonds. The fourth-order valence-corrected chi connectivity index (χ4v) is 2.22. The molecule has 78 valence electrons. The molecule has 0 spiro atoms. The van der Waals surface area contributed by atoms with Crippen molar-refractivity contribution in [1.29, 1.82) is 0 Å². The summed E-state index contributed by atoms with van der Waals surface area (Å²) >= 11 is 0. The van der Waals surface area contributed by atoms with Crippen LogP contribution in [-0.2, 0) is 0 Å². The molecule has 0 bridgehead atoms. The van der Waals surface area contributed by atoms with E-state index in [1.54, 1.807) is 0 Å². The van der Waals surface area contributed by atoms with E-state index >= 15 is 0 Å². The normalized spacial score (nSPS) is 19.6. The van der Waals surface area contributed by atoms with Crippen molar-refractivity contribution >= 4 is 0 Å². The Morgan fingerprint density at radius 1 is 1.08 bits per heavy atom. The molecule has 13 heavy (non-hydrogen) atoms. The van der Waals surface area contributed by atoms with Gasteiger partial charge in [-0.1, -0.05) is 46.0 Å². The highest BCUT2D eigenvalue weighted by molar-refractivity contribution is 4.73. The summed E-state index contributed by atoms with van der Waals surface area (Å²) in [5.74, 6) is 0.905. The van der Waals surface area contributed by atoms with Crippen molar-refractivity contribution in [3.8, 4) is 0 Å². The molecule has 0 radical (unpaired) electrons. The molecular formula is C12H25N. The first-order valence-electron chi connectivity index (χ1n) is 6.10. The van der Waals surface area contributed by atoms with Gasteiger partial charge in [-0.2, -0.15) is 0 Å². The molecule has 1 saturated carbocycles. The van der Waals surface area contributed by atoms with Crippen LogP contribution in [0.4, 0.5) is 0 Å². The Labute approximate surface area is 83.3 Å². The van der Waals surface area contributed by atoms with E-state index in [-0.39, 0.29) is 0 Å². The standard InChI is InChI=1S/C12H25N/c1-3-11(4-2)10-13-12-8-6-5-7-9-12/h11-13H,3-10H2,1-2H3. The van der Waals surface area contributed by atoms with Crippen LogP contribution in [0.3, 0.4) is 0 Å². The molecule has 0 unspecified atom stereocenters. The summed E-state index contributed by atoms with van der Waals surface area (Å²) in [6.45, 7) is 5.85. The Morgan fingerprint density at radius 2 is 1.69 bits per heavy atom. The van der Waals surface area contributed by atoms with Gasteiger partial charge in [-0.15, -0.1) is 0 Å². The van der Waals surface area contributed by atoms with E-state index in [1.807, 2.05) is 0 Å². The number of hydrogen-bond acceptors (Lipinski definition) is 1. The van der Waals surface area contributed by atoms with E-state index in [4.69, 9.17) is 0 Å². The lowest BCUT2D eigenvalue weighted by atomic mass is 9.94. The van der Waals surface area contributed by atoms with Gasteiger partial charge in [-0.3, -0.25) is 0 Å². The first kappa shape index (κ1) is 11.0. The molecule has 0 heterocycles. The van der Waals surface area contributed by atoms with Crippen LogP contribution in [0.5, 0.6) is 0 Å². The molecule has 1 nitrogen and oxygen atoms in total. The van der Waals surface area contributed by atoms with Gasteiger partial charge in [0.2, 0.25) is 0 Å². The zero-order valence-electron chi connectivity index (χ0n) is 9.31. The molecule has 1 fully saturated rings. The predicted octanol–water partition coefficient (Wildman–Crippen LogP) is 3.34. The third-order valence-electron chi connectivity index (χ3n) is 3.46. The lowest BCUT2D eigenvalue weighted by Crippen LogP contribution is -2.34. The Balaban J connectivity index is 2.09. The lowest BCUT2D eigenvalue weighted by molar-refractivity contribution is 0.339. The van der Waals surface area contributed by atoms with Crippen LogP contribution < -0.4 is 5.32 Å². The molecule has 0 atom stereocenters. The lowest BCUT2D eigenvalue weighted by Gasteiger charge is -2.25. The van der Waals surface area contributed by atoms with E-state index in [2.05, 4.69) is 19.2 Å². The van der Waals surface area contributed by atoms with Gasteiger partial charge in [0.05, 0.1) is 0 Å². The average molecular weight is 183 g/mol. The first-order valence-corrected chi connectivity index (χ1v) is 6.10. The molecule has 0 aromatic rings. The molecular weight excluding hydrogens is 158 g/mol. The smallest absolute Gasteiger partial charge is 0.00671 e. The van der Waals surface area contributed by atoms with Crippen LogP contribution in [0.1, 0.15) is 58.8 Å². The molecule has 0 saturated heterocycles. The summed E-state index contributed by atoms with van der Waals surface area (Å²) in [5.41, 5.74) is 0. The van der Waals surface area contributed by atoms with Crippen molar-refractivity contribution in [2.24, 2.45) is 5.92 Å². The highest BCUT2D eigenvalue weighted by Crippen LogP contribution is 2.18. The molecule has 1 heteroatoms. The molecule has 1 aliphatic rings. The summed E-state index contributed by atoms with van der Waals surface area (Å²) in [6, 6.07) is 0.842. The predicted molar refractivity (Wildman–Crippen MR) is 58.9 cm³/mol. The first-order chi connectivity index (χ1) is 6.36. The van der Waals surface area contributed by atoms with E-state index in [0.29, 0.717) is 0 Å². The van der Waals surface area contributed by atoms with E-state index in [1.165, 1.54) is 51.5 Å². The minimum Gasteiger partial charge on any atom is -0.314 e. The Morgan fingerprint density at radius 3 is 2.23 bits per heavy atom. The number of hydrogen-bond donors (Lipinski definition) is 1. The SMILES string of the molecule is CCC(CC)CNC1CCCCC1. The minimum atomic E-state index is 0.842. The third-order valence-corrected chi connectivity index (χ3v) is 3.46. The van der Waals surface area contributed by atoms with Crippen molar-refractivity contribution in [2.45, 2.75) is 64.8 Å². The summed E-state index contributed by atoms with van der Waals surface area (Å²) < 4.78 is 0. The maximum absolute atomic E-state index is 3.72. The van der Waals surface area contributed by atoms with E-state index < -0.39 is 0 Å². The minimum absolute atomic E-state index is 0.842. The highest BCUT2D eigenvalue weighted by Gasteiger charge is 2.13. The molecule has 0 aromatic carbocycles. The molecule has 1 rings (SSSR count). The highest BCUT2D eigenvalue weighted by atomic mass is 14.9. The van der Waals surface area contributed by atoms with Crippen molar-refractivity contribution < 1.29 is 0 Å². The van der Waals surface area contributed by atoms with Gasteiger partial charge < -0.3 is 5.32 Å². The van der Waals surface area contributed by atoms with Crippen molar-refractivity contribution in [1.82, 2.24) is 5.32 Å². The monoisotopic (exact) mass is 183 g/mol. The molecule has 1 N–H and O–H groups in total. The second-order valence-corrected chi connectivity index (χ2v) is 4.43. The van der Waals surface area contributed by atoms with Crippen molar-refractivity contribution in [2.75, 3.05) is 6.54 Å². The van der Waals surface area contributed by atoms with Crippen LogP contribution in [-0.4, -0.2) is 12.6 Å². The van der Waals surface area contributed by atoms with Crippen molar-refractivity contribution in [3.05, 3.63) is 0 Å². The summed E-state index contributed by atoms with van der Waals surface area (Å²) in [6.07, 6.45) is 9.84. The van der Waals surface area contributed by atoms with Crippen LogP contribution in [0.15, 0.2) is 0 Å². The van der Waals surface area contributed by atoms with Crippen LogP contribution in [0, 0.1) is 5.92 Å². The average Bonchev–Trinajstić information content (AvgIpc) is 2.21. The second kappa shape index (κ2) is 6.42. The second-order valence-electron chi connectivity index (χ2n) is 4.43. The van der Waals surface area contributed by atoms with Crippen molar-refractivity contribution in [3.63, 3.8) is 0 Å². The fourth-order valence-electron chi connectivity index (χ4n) is 2.22. The van der Waals surface area contributed by atoms with E-state index in [9.17, 15) is 0 Å². The van der Waals surface area contributed by atoms with Gasteiger partial charge in [0.1, 0.15) is 0 Å². The zero-order chi connectivity index (χ0) is 9.52. The van der Waals surface area contributed by atoms with Crippen LogP contribution >= 0.6 is 0 Å². The van der Waals surface area contributed by atoms with Crippen LogP contribution in [0.2, 0.25) is 0 Å². The largest absolute Gasteiger partial charge is 0.314 e. The molecule has 0 aromatic heterocycles. The van der Waals surface area contributed by atoms with Gasteiger partial charge in [0.15, 0.2) is 0 Å². The van der Waals surface area contributed by atoms with Gasteiger partial charge in [-0.05, 0) is 25.3 Å². The van der Waals surface area contributed by atoms with E-state index in [0.717, 1.165) is 12.0 Å². The molecule has 0 aliphatic heterocycles. The Kier molecular flexibility index (Phi) is 5.45. The zero-order valence-corrected chi connectivity index (χ0v) is 9.31. The van der Waals surface area contributed by atoms with Gasteiger partial charge >= 0.3 is 0 Å². The summed E-state index contributed by atoms with van der Waals surface area (Å²) in [5, 5.41) is 3.72. The fraction of sp³-hybridized carbons (Fsp3) is 1.00. The van der Waals surface area contributed by atoms with Gasteiger partial charge in [0, 0.05) is 6.04 Å². The Bertz CT molecular complexity index is 112. The quantitative estimate of drug-likeness (QED) is 0.689. The topological polar surface area (TPSA) is 12.0 Å². The summed E-state index contributed by atoms with van der Waals surface area (Å²) in [4.78, 5) is 0. The third kappa shape index (κ3) is 4.12. The van der Waals surface area contributed by atoms with Crippen LogP contribution in [0.25, 0.3) is 0 Å². The Hall–Kier alpha value is -0.0400. The van der Waals surface area contributed by atoms with Gasteiger partial charge in [-0.25, -0.2) is 0 Å². The maximum atomic E-state index is 3.72. The number of rotatable bonds is 5. The molecule has 1 aliphatic carbocycles. The number of nitrogens with one attached hydrogen (secondary N) is 1. The maximum Gasteiger partial charge on any atom is 0.00671 e.